The Hall–Kier alpha value is -1.30. The highest BCUT2D eigenvalue weighted by Crippen LogP contribution is 2.23. The molecule has 1 aromatic rings. The van der Waals surface area contributed by atoms with E-state index in [2.05, 4.69) is 56.3 Å². The van der Waals surface area contributed by atoms with Crippen molar-refractivity contribution in [1.29, 1.82) is 0 Å². The molecule has 0 aromatic heterocycles. The van der Waals surface area contributed by atoms with Crippen LogP contribution in [0, 0.1) is 12.8 Å². The van der Waals surface area contributed by atoms with Gasteiger partial charge < -0.3 is 0 Å². The predicted octanol–water partition coefficient (Wildman–Crippen LogP) is 3.97. The van der Waals surface area contributed by atoms with Gasteiger partial charge in [0.1, 0.15) is 0 Å². The van der Waals surface area contributed by atoms with Crippen molar-refractivity contribution in [3.05, 3.63) is 53.6 Å². The van der Waals surface area contributed by atoms with Gasteiger partial charge in [-0.05, 0) is 30.4 Å². The molecule has 0 saturated heterocycles. The molecule has 1 aromatic carbocycles. The fourth-order valence-corrected chi connectivity index (χ4v) is 1.69. The summed E-state index contributed by atoms with van der Waals surface area (Å²) < 4.78 is 0. The van der Waals surface area contributed by atoms with Crippen molar-refractivity contribution in [2.24, 2.45) is 5.92 Å². The second-order valence-corrected chi connectivity index (χ2v) is 4.10. The van der Waals surface area contributed by atoms with Gasteiger partial charge in [-0.1, -0.05) is 55.0 Å². The van der Waals surface area contributed by atoms with Crippen molar-refractivity contribution >= 4 is 5.57 Å². The number of allylic oxidation sites excluding steroid dienone is 4. The SMILES string of the molecule is Cc1ccc(C2=CC[C@@H](C)C=C2)cc1. The second kappa shape index (κ2) is 3.83. The number of rotatable bonds is 1. The summed E-state index contributed by atoms with van der Waals surface area (Å²) in [4.78, 5) is 0. The Morgan fingerprint density at radius 2 is 1.86 bits per heavy atom. The van der Waals surface area contributed by atoms with Gasteiger partial charge in [0.25, 0.3) is 0 Å². The van der Waals surface area contributed by atoms with Gasteiger partial charge in [-0.15, -0.1) is 0 Å². The normalized spacial score (nSPS) is 20.7. The summed E-state index contributed by atoms with van der Waals surface area (Å²) in [5.41, 5.74) is 4.02. The molecule has 72 valence electrons. The number of aryl methyl sites for hydroxylation is 1. The molecule has 1 aliphatic rings. The Labute approximate surface area is 86.0 Å². The summed E-state index contributed by atoms with van der Waals surface area (Å²) in [7, 11) is 0. The topological polar surface area (TPSA) is 0 Å². The third kappa shape index (κ3) is 1.95. The minimum absolute atomic E-state index is 0.698. The first kappa shape index (κ1) is 9.26. The lowest BCUT2D eigenvalue weighted by molar-refractivity contribution is 0.739. The van der Waals surface area contributed by atoms with Gasteiger partial charge in [-0.3, -0.25) is 0 Å². The van der Waals surface area contributed by atoms with Gasteiger partial charge in [-0.2, -0.15) is 0 Å². The average Bonchev–Trinajstić information content (AvgIpc) is 2.21. The van der Waals surface area contributed by atoms with Crippen molar-refractivity contribution < 1.29 is 0 Å². The summed E-state index contributed by atoms with van der Waals surface area (Å²) in [6.07, 6.45) is 8.02. The maximum absolute atomic E-state index is 2.33. The van der Waals surface area contributed by atoms with E-state index >= 15 is 0 Å². The molecule has 2 rings (SSSR count). The Bertz CT molecular complexity index is 366. The highest BCUT2D eigenvalue weighted by molar-refractivity contribution is 5.74. The van der Waals surface area contributed by atoms with Crippen LogP contribution in [0.4, 0.5) is 0 Å². The van der Waals surface area contributed by atoms with E-state index in [1.54, 1.807) is 0 Å². The van der Waals surface area contributed by atoms with Crippen molar-refractivity contribution in [3.8, 4) is 0 Å². The Kier molecular flexibility index (Phi) is 2.53. The Morgan fingerprint density at radius 3 is 2.43 bits per heavy atom. The van der Waals surface area contributed by atoms with Crippen LogP contribution in [-0.2, 0) is 0 Å². The average molecular weight is 184 g/mol. The molecule has 0 heterocycles. The van der Waals surface area contributed by atoms with E-state index in [0.29, 0.717) is 5.92 Å². The van der Waals surface area contributed by atoms with E-state index in [9.17, 15) is 0 Å². The molecule has 0 amide bonds. The van der Waals surface area contributed by atoms with E-state index < -0.39 is 0 Å². The molecule has 1 aliphatic carbocycles. The molecule has 0 heteroatoms. The van der Waals surface area contributed by atoms with Crippen LogP contribution in [-0.4, -0.2) is 0 Å². The monoisotopic (exact) mass is 184 g/mol. The fourth-order valence-electron chi connectivity index (χ4n) is 1.69. The van der Waals surface area contributed by atoms with E-state index in [-0.39, 0.29) is 0 Å². The van der Waals surface area contributed by atoms with Crippen molar-refractivity contribution in [1.82, 2.24) is 0 Å². The lowest BCUT2D eigenvalue weighted by Crippen LogP contribution is -1.94. The van der Waals surface area contributed by atoms with Crippen LogP contribution in [0.15, 0.2) is 42.5 Å². The van der Waals surface area contributed by atoms with Crippen LogP contribution >= 0.6 is 0 Å². The first-order valence-corrected chi connectivity index (χ1v) is 5.21. The van der Waals surface area contributed by atoms with Crippen LogP contribution in [0.5, 0.6) is 0 Å². The second-order valence-electron chi connectivity index (χ2n) is 4.10. The van der Waals surface area contributed by atoms with Gasteiger partial charge in [0.2, 0.25) is 0 Å². The summed E-state index contributed by atoms with van der Waals surface area (Å²) in [6, 6.07) is 8.73. The minimum atomic E-state index is 0.698. The first-order chi connectivity index (χ1) is 6.75. The quantitative estimate of drug-likeness (QED) is 0.619. The molecule has 14 heavy (non-hydrogen) atoms. The Balaban J connectivity index is 2.24. The molecule has 0 spiro atoms. The standard InChI is InChI=1S/C14H16/c1-11-3-7-13(8-4-11)14-9-5-12(2)6-10-14/h3-5,7-10,12H,6H2,1-2H3/t12-/m0/s1. The maximum atomic E-state index is 2.33. The van der Waals surface area contributed by atoms with E-state index in [0.717, 1.165) is 0 Å². The van der Waals surface area contributed by atoms with Crippen LogP contribution in [0.25, 0.3) is 5.57 Å². The summed E-state index contributed by atoms with van der Waals surface area (Å²) in [5.74, 6) is 0.698. The number of hydrogen-bond donors (Lipinski definition) is 0. The first-order valence-electron chi connectivity index (χ1n) is 5.21. The molecule has 0 radical (unpaired) electrons. The molecule has 0 aliphatic heterocycles. The zero-order valence-corrected chi connectivity index (χ0v) is 8.83. The molecule has 0 bridgehead atoms. The molecular formula is C14H16. The molecule has 1 atom stereocenters. The lowest BCUT2D eigenvalue weighted by atomic mass is 9.94. The van der Waals surface area contributed by atoms with Crippen LogP contribution in [0.2, 0.25) is 0 Å². The van der Waals surface area contributed by atoms with E-state index in [1.807, 2.05) is 0 Å². The maximum Gasteiger partial charge on any atom is -0.0187 e. The van der Waals surface area contributed by atoms with Gasteiger partial charge in [0.15, 0.2) is 0 Å². The zero-order valence-electron chi connectivity index (χ0n) is 8.83. The summed E-state index contributed by atoms with van der Waals surface area (Å²) >= 11 is 0. The van der Waals surface area contributed by atoms with Crippen molar-refractivity contribution in [2.75, 3.05) is 0 Å². The van der Waals surface area contributed by atoms with Crippen molar-refractivity contribution in [3.63, 3.8) is 0 Å². The fraction of sp³-hybridized carbons (Fsp3) is 0.286. The molecule has 0 nitrogen and oxygen atoms in total. The smallest absolute Gasteiger partial charge is 0.0187 e. The lowest BCUT2D eigenvalue weighted by Gasteiger charge is -2.11. The van der Waals surface area contributed by atoms with Crippen LogP contribution in [0.3, 0.4) is 0 Å². The third-order valence-corrected chi connectivity index (χ3v) is 2.70. The van der Waals surface area contributed by atoms with Crippen LogP contribution in [0.1, 0.15) is 24.5 Å². The van der Waals surface area contributed by atoms with Gasteiger partial charge >= 0.3 is 0 Å². The van der Waals surface area contributed by atoms with Gasteiger partial charge in [0, 0.05) is 0 Å². The zero-order chi connectivity index (χ0) is 9.97. The van der Waals surface area contributed by atoms with E-state index in [4.69, 9.17) is 0 Å². The Morgan fingerprint density at radius 1 is 1.14 bits per heavy atom. The minimum Gasteiger partial charge on any atom is -0.0808 e. The summed E-state index contributed by atoms with van der Waals surface area (Å²) in [6.45, 7) is 4.37. The molecular weight excluding hydrogens is 168 g/mol. The highest BCUT2D eigenvalue weighted by Gasteiger charge is 2.04. The summed E-state index contributed by atoms with van der Waals surface area (Å²) in [5, 5.41) is 0. The van der Waals surface area contributed by atoms with E-state index in [1.165, 1.54) is 23.1 Å². The molecule has 0 fully saturated rings. The third-order valence-electron chi connectivity index (χ3n) is 2.70. The molecule has 0 N–H and O–H groups in total. The number of benzene rings is 1. The van der Waals surface area contributed by atoms with Gasteiger partial charge in [0.05, 0.1) is 0 Å². The largest absolute Gasteiger partial charge is 0.0808 e. The van der Waals surface area contributed by atoms with Gasteiger partial charge in [-0.25, -0.2) is 0 Å². The van der Waals surface area contributed by atoms with Crippen molar-refractivity contribution in [2.45, 2.75) is 20.3 Å². The highest BCUT2D eigenvalue weighted by atomic mass is 14.1. The molecule has 0 unspecified atom stereocenters. The van der Waals surface area contributed by atoms with Crippen LogP contribution < -0.4 is 0 Å². The predicted molar refractivity (Wildman–Crippen MR) is 62.1 cm³/mol. The number of hydrogen-bond acceptors (Lipinski definition) is 0. The molecule has 0 saturated carbocycles.